The molecule has 2 aromatic carbocycles. The summed E-state index contributed by atoms with van der Waals surface area (Å²) in [5.74, 6) is 7.14. The van der Waals surface area contributed by atoms with Crippen LogP contribution in [-0.4, -0.2) is 50.6 Å². The van der Waals surface area contributed by atoms with E-state index < -0.39 is 5.60 Å². The lowest BCUT2D eigenvalue weighted by atomic mass is 10.0. The van der Waals surface area contributed by atoms with Crippen molar-refractivity contribution in [3.05, 3.63) is 59.4 Å². The first kappa shape index (κ1) is 17.9. The third-order valence-electron chi connectivity index (χ3n) is 4.87. The summed E-state index contributed by atoms with van der Waals surface area (Å²) in [5, 5.41) is 19.7. The normalized spacial score (nSPS) is 15.0. The maximum absolute atomic E-state index is 10.1. The highest BCUT2D eigenvalue weighted by molar-refractivity contribution is 6.31. The first-order chi connectivity index (χ1) is 14.0. The van der Waals surface area contributed by atoms with Crippen molar-refractivity contribution in [3.8, 4) is 11.8 Å². The van der Waals surface area contributed by atoms with Crippen LogP contribution in [0, 0.1) is 11.8 Å². The second kappa shape index (κ2) is 6.71. The van der Waals surface area contributed by atoms with Crippen LogP contribution in [-0.2, 0) is 4.74 Å². The third-order valence-corrected chi connectivity index (χ3v) is 5.10. The maximum Gasteiger partial charge on any atom is 0.257 e. The molecule has 4 aromatic rings. The first-order valence-electron chi connectivity index (χ1n) is 8.99. The Labute approximate surface area is 171 Å². The van der Waals surface area contributed by atoms with E-state index in [4.69, 9.17) is 16.3 Å². The number of nitrogens with zero attached hydrogens (tertiary/aromatic N) is 5. The second-order valence-corrected chi connectivity index (χ2v) is 7.42. The topological polar surface area (TPSA) is 75.8 Å². The Morgan fingerprint density at radius 2 is 2.10 bits per heavy atom. The van der Waals surface area contributed by atoms with Gasteiger partial charge in [0.05, 0.1) is 18.7 Å². The van der Waals surface area contributed by atoms with Crippen LogP contribution < -0.4 is 4.90 Å². The summed E-state index contributed by atoms with van der Waals surface area (Å²) in [5.41, 5.74) is 1.53. The minimum atomic E-state index is -1.04. The molecule has 8 heteroatoms. The summed E-state index contributed by atoms with van der Waals surface area (Å²) in [6.07, 6.45) is 1.62. The summed E-state index contributed by atoms with van der Waals surface area (Å²) in [6.45, 7) is 0.493. The summed E-state index contributed by atoms with van der Waals surface area (Å²) < 4.78 is 6.84. The van der Waals surface area contributed by atoms with Gasteiger partial charge in [-0.25, -0.2) is 0 Å². The van der Waals surface area contributed by atoms with Crippen LogP contribution in [0.5, 0.6) is 0 Å². The number of benzene rings is 2. The SMILES string of the molecule is CN(c1cccc(C#CC2(O)COC2)c1)c1nc2nncn2c2cc(Cl)ccc12. The predicted octanol–water partition coefficient (Wildman–Crippen LogP) is 2.81. The Bertz CT molecular complexity index is 1300. The molecule has 1 fully saturated rings. The van der Waals surface area contributed by atoms with Gasteiger partial charge in [0.25, 0.3) is 5.78 Å². The molecule has 1 aliphatic heterocycles. The van der Waals surface area contributed by atoms with Crippen molar-refractivity contribution in [1.29, 1.82) is 0 Å². The number of hydrogen-bond donors (Lipinski definition) is 1. The zero-order chi connectivity index (χ0) is 20.0. The summed E-state index contributed by atoms with van der Waals surface area (Å²) in [7, 11) is 1.93. The number of rotatable bonds is 2. The van der Waals surface area contributed by atoms with E-state index in [9.17, 15) is 5.11 Å². The van der Waals surface area contributed by atoms with Crippen molar-refractivity contribution in [3.63, 3.8) is 0 Å². The Balaban J connectivity index is 1.59. The lowest BCUT2D eigenvalue weighted by molar-refractivity contribution is -0.140. The summed E-state index contributed by atoms with van der Waals surface area (Å²) in [4.78, 5) is 6.66. The van der Waals surface area contributed by atoms with Crippen molar-refractivity contribution in [2.75, 3.05) is 25.2 Å². The van der Waals surface area contributed by atoms with E-state index in [1.165, 1.54) is 0 Å². The van der Waals surface area contributed by atoms with Crippen molar-refractivity contribution in [2.24, 2.45) is 0 Å². The number of hydrogen-bond acceptors (Lipinski definition) is 6. The number of aliphatic hydroxyl groups is 1. The molecule has 0 spiro atoms. The van der Waals surface area contributed by atoms with E-state index in [-0.39, 0.29) is 13.2 Å². The van der Waals surface area contributed by atoms with Gasteiger partial charge in [0.1, 0.15) is 12.1 Å². The monoisotopic (exact) mass is 405 g/mol. The van der Waals surface area contributed by atoms with Crippen molar-refractivity contribution < 1.29 is 9.84 Å². The number of anilines is 2. The van der Waals surface area contributed by atoms with Gasteiger partial charge in [-0.1, -0.05) is 29.5 Å². The molecule has 0 amide bonds. The number of aromatic nitrogens is 4. The fraction of sp³-hybridized carbons (Fsp3) is 0.190. The largest absolute Gasteiger partial charge is 0.373 e. The van der Waals surface area contributed by atoms with Gasteiger partial charge in [-0.15, -0.1) is 10.2 Å². The van der Waals surface area contributed by atoms with Gasteiger partial charge in [0, 0.05) is 28.7 Å². The number of halogens is 1. The second-order valence-electron chi connectivity index (χ2n) is 6.98. The smallest absolute Gasteiger partial charge is 0.257 e. The van der Waals surface area contributed by atoms with Crippen molar-refractivity contribution in [1.82, 2.24) is 19.6 Å². The highest BCUT2D eigenvalue weighted by Gasteiger charge is 2.33. The van der Waals surface area contributed by atoms with E-state index in [1.807, 2.05) is 58.8 Å². The average molecular weight is 406 g/mol. The molecule has 1 aliphatic rings. The molecule has 144 valence electrons. The van der Waals surface area contributed by atoms with Crippen molar-refractivity contribution >= 4 is 39.8 Å². The van der Waals surface area contributed by atoms with Gasteiger partial charge in [0.15, 0.2) is 5.60 Å². The third kappa shape index (κ3) is 3.17. The molecule has 0 aliphatic carbocycles. The van der Waals surface area contributed by atoms with Crippen LogP contribution in [0.1, 0.15) is 5.56 Å². The Morgan fingerprint density at radius 1 is 1.24 bits per heavy atom. The quantitative estimate of drug-likeness (QED) is 0.517. The standard InChI is InChI=1S/C21H16ClN5O2/c1-26(16-4-2-3-14(9-16)7-8-21(28)11-29-12-21)19-17-6-5-15(22)10-18(17)27-13-23-25-20(27)24-19/h2-6,9-10,13,28H,11-12H2,1H3. The lowest BCUT2D eigenvalue weighted by Gasteiger charge is -2.30. The maximum atomic E-state index is 10.1. The Morgan fingerprint density at radius 3 is 2.90 bits per heavy atom. The minimum Gasteiger partial charge on any atom is -0.373 e. The van der Waals surface area contributed by atoms with Gasteiger partial charge in [-0.2, -0.15) is 4.98 Å². The average Bonchev–Trinajstić information content (AvgIpc) is 3.19. The van der Waals surface area contributed by atoms with Crippen LogP contribution >= 0.6 is 11.6 Å². The molecule has 29 heavy (non-hydrogen) atoms. The highest BCUT2D eigenvalue weighted by Crippen LogP contribution is 2.31. The molecule has 0 unspecified atom stereocenters. The van der Waals surface area contributed by atoms with E-state index in [0.29, 0.717) is 10.8 Å². The molecule has 2 aromatic heterocycles. The van der Waals surface area contributed by atoms with Gasteiger partial charge >= 0.3 is 0 Å². The fourth-order valence-electron chi connectivity index (χ4n) is 3.25. The molecule has 3 heterocycles. The molecule has 1 N–H and O–H groups in total. The van der Waals surface area contributed by atoms with Crippen LogP contribution in [0.15, 0.2) is 48.8 Å². The van der Waals surface area contributed by atoms with Crippen LogP contribution in [0.2, 0.25) is 5.02 Å². The van der Waals surface area contributed by atoms with E-state index in [0.717, 1.165) is 28.0 Å². The summed E-state index contributed by atoms with van der Waals surface area (Å²) in [6, 6.07) is 13.4. The van der Waals surface area contributed by atoms with Crippen LogP contribution in [0.4, 0.5) is 11.5 Å². The lowest BCUT2D eigenvalue weighted by Crippen LogP contribution is -2.48. The molecule has 7 nitrogen and oxygen atoms in total. The number of fused-ring (bicyclic) bond motifs is 3. The van der Waals surface area contributed by atoms with E-state index in [2.05, 4.69) is 27.0 Å². The van der Waals surface area contributed by atoms with E-state index >= 15 is 0 Å². The molecule has 5 rings (SSSR count). The molecule has 0 saturated carbocycles. The molecule has 0 atom stereocenters. The summed E-state index contributed by atoms with van der Waals surface area (Å²) >= 11 is 6.21. The molecular weight excluding hydrogens is 390 g/mol. The Hall–Kier alpha value is -3.18. The molecule has 1 saturated heterocycles. The Kier molecular flexibility index (Phi) is 4.14. The van der Waals surface area contributed by atoms with Gasteiger partial charge in [0.2, 0.25) is 0 Å². The predicted molar refractivity (Wildman–Crippen MR) is 110 cm³/mol. The van der Waals surface area contributed by atoms with Crippen LogP contribution in [0.3, 0.4) is 0 Å². The zero-order valence-corrected chi connectivity index (χ0v) is 16.3. The first-order valence-corrected chi connectivity index (χ1v) is 9.36. The van der Waals surface area contributed by atoms with Gasteiger partial charge < -0.3 is 14.7 Å². The van der Waals surface area contributed by atoms with E-state index in [1.54, 1.807) is 6.33 Å². The van der Waals surface area contributed by atoms with Gasteiger partial charge in [-0.3, -0.25) is 4.40 Å². The molecule has 0 bridgehead atoms. The minimum absolute atomic E-state index is 0.246. The fourth-order valence-corrected chi connectivity index (χ4v) is 3.42. The van der Waals surface area contributed by atoms with Gasteiger partial charge in [-0.05, 0) is 36.4 Å². The van der Waals surface area contributed by atoms with Crippen molar-refractivity contribution in [2.45, 2.75) is 5.60 Å². The molecular formula is C21H16ClN5O2. The highest BCUT2D eigenvalue weighted by atomic mass is 35.5. The van der Waals surface area contributed by atoms with Crippen LogP contribution in [0.25, 0.3) is 16.7 Å². The zero-order valence-electron chi connectivity index (χ0n) is 15.5. The molecule has 0 radical (unpaired) electrons. The number of ether oxygens (including phenoxy) is 1.